The number of benzene rings is 3. The van der Waals surface area contributed by atoms with Crippen molar-refractivity contribution in [1.29, 1.82) is 0 Å². The van der Waals surface area contributed by atoms with Crippen LogP contribution in [0.15, 0.2) is 107 Å². The molecule has 0 radical (unpaired) electrons. The maximum absolute atomic E-state index is 3.84. The summed E-state index contributed by atoms with van der Waals surface area (Å²) in [6, 6.07) is 32.8. The Morgan fingerprint density at radius 1 is 0.700 bits per heavy atom. The summed E-state index contributed by atoms with van der Waals surface area (Å²) in [4.78, 5) is 0. The van der Waals surface area contributed by atoms with Gasteiger partial charge in [-0.3, -0.25) is 6.08 Å². The fraction of sp³-hybridized carbons (Fsp3) is 0.120. The molecule has 0 heterocycles. The van der Waals surface area contributed by atoms with Crippen LogP contribution >= 0.6 is 0 Å². The first kappa shape index (κ1) is 28.9. The predicted octanol–water partition coefficient (Wildman–Crippen LogP) is -4.73. The van der Waals surface area contributed by atoms with Crippen molar-refractivity contribution in [1.82, 2.24) is 0 Å². The van der Waals surface area contributed by atoms with E-state index >= 15 is 0 Å². The Hall–Kier alpha value is -1.06. The summed E-state index contributed by atoms with van der Waals surface area (Å²) in [5.41, 5.74) is 4.23. The monoisotopic (exact) mass is 504 g/mol. The maximum atomic E-state index is 3.84. The minimum absolute atomic E-state index is 0. The van der Waals surface area contributed by atoms with Crippen LogP contribution in [0.3, 0.4) is 0 Å². The van der Waals surface area contributed by atoms with Crippen molar-refractivity contribution in [3.63, 3.8) is 0 Å². The van der Waals surface area contributed by atoms with Crippen molar-refractivity contribution in [2.45, 2.75) is 19.8 Å². The van der Waals surface area contributed by atoms with Crippen molar-refractivity contribution >= 4 is 19.2 Å². The van der Waals surface area contributed by atoms with Gasteiger partial charge in [-0.1, -0.05) is 108 Å². The Labute approximate surface area is 215 Å². The number of halogens is 3. The van der Waals surface area contributed by atoms with Crippen LogP contribution in [0.1, 0.15) is 18.9 Å². The van der Waals surface area contributed by atoms with Gasteiger partial charge in [0.25, 0.3) is 0 Å². The minimum atomic E-state index is -1.42. The molecule has 0 saturated carbocycles. The van der Waals surface area contributed by atoms with Gasteiger partial charge in [-0.2, -0.15) is 5.20 Å². The van der Waals surface area contributed by atoms with E-state index in [0.717, 1.165) is 12.8 Å². The summed E-state index contributed by atoms with van der Waals surface area (Å²) in [5, 5.41) is 4.48. The number of allylic oxidation sites excluding steroid dienone is 4. The largest absolute Gasteiger partial charge is 4.00 e. The van der Waals surface area contributed by atoms with Gasteiger partial charge in [0.1, 0.15) is 8.80 Å². The second kappa shape index (κ2) is 14.1. The Kier molecular flexibility index (Phi) is 13.6. The van der Waals surface area contributed by atoms with Gasteiger partial charge in [0.15, 0.2) is 0 Å². The first-order valence-electron chi connectivity index (χ1n) is 9.26. The third kappa shape index (κ3) is 6.99. The van der Waals surface area contributed by atoms with Crippen molar-refractivity contribution in [3.8, 4) is 0 Å². The first-order valence-corrected chi connectivity index (χ1v) is 11.0. The van der Waals surface area contributed by atoms with Gasteiger partial charge in [-0.05, 0) is 12.0 Å². The van der Waals surface area contributed by atoms with Crippen LogP contribution in [0.5, 0.6) is 0 Å². The van der Waals surface area contributed by atoms with Crippen LogP contribution in [-0.2, 0) is 28.1 Å². The molecule has 0 atom stereocenters. The molecule has 3 aromatic carbocycles. The van der Waals surface area contributed by atoms with Gasteiger partial charge >= 0.3 is 21.7 Å². The molecule has 0 aliphatic heterocycles. The summed E-state index contributed by atoms with van der Waals surface area (Å²) >= 11 is 0. The average Bonchev–Trinajstić information content (AvgIpc) is 3.04. The molecule has 0 spiro atoms. The van der Waals surface area contributed by atoms with E-state index in [1.165, 1.54) is 32.3 Å². The van der Waals surface area contributed by atoms with Crippen LogP contribution in [0.25, 0.3) is 0 Å². The molecule has 30 heavy (non-hydrogen) atoms. The van der Waals surface area contributed by atoms with Crippen LogP contribution in [0, 0.1) is 6.08 Å². The van der Waals surface area contributed by atoms with Crippen molar-refractivity contribution in [2.75, 3.05) is 0 Å². The average molecular weight is 506 g/mol. The van der Waals surface area contributed by atoms with Gasteiger partial charge in [-0.15, -0.1) is 6.92 Å². The van der Waals surface area contributed by atoms with E-state index in [1.54, 1.807) is 0 Å². The zero-order valence-electron chi connectivity index (χ0n) is 16.8. The van der Waals surface area contributed by atoms with Crippen LogP contribution in [0.2, 0.25) is 0 Å². The van der Waals surface area contributed by atoms with E-state index in [4.69, 9.17) is 0 Å². The SMILES string of the molecule is CC1=C(Cc2ccccc2)[C-]=C([SiH](c2ccccc2)c2ccccc2)C1.[Cl-].[Cl-].[Cl-].[Ti+4]. The van der Waals surface area contributed by atoms with Crippen LogP contribution in [-0.4, -0.2) is 8.80 Å². The molecule has 0 bridgehead atoms. The second-order valence-corrected chi connectivity index (χ2v) is 9.90. The van der Waals surface area contributed by atoms with Gasteiger partial charge < -0.3 is 37.2 Å². The Balaban J connectivity index is 0.00000210. The Bertz CT molecular complexity index is 902. The maximum Gasteiger partial charge on any atom is 4.00 e. The van der Waals surface area contributed by atoms with E-state index in [0.29, 0.717) is 0 Å². The number of hydrogen-bond acceptors (Lipinski definition) is 0. The number of rotatable bonds is 5. The van der Waals surface area contributed by atoms with Crippen LogP contribution < -0.4 is 47.6 Å². The number of hydrogen-bond donors (Lipinski definition) is 0. The summed E-state index contributed by atoms with van der Waals surface area (Å²) in [6.07, 6.45) is 5.90. The molecule has 0 unspecified atom stereocenters. The molecule has 0 aromatic heterocycles. The second-order valence-electron chi connectivity index (χ2n) is 7.00. The molecule has 4 rings (SSSR count). The molecule has 0 saturated heterocycles. The Morgan fingerprint density at radius 3 is 1.60 bits per heavy atom. The predicted molar refractivity (Wildman–Crippen MR) is 114 cm³/mol. The van der Waals surface area contributed by atoms with Gasteiger partial charge in [0.2, 0.25) is 0 Å². The van der Waals surface area contributed by atoms with E-state index in [9.17, 15) is 0 Å². The molecule has 0 fully saturated rings. The van der Waals surface area contributed by atoms with Crippen molar-refractivity contribution < 1.29 is 58.9 Å². The smallest absolute Gasteiger partial charge is 1.00 e. The quantitative estimate of drug-likeness (QED) is 0.242. The third-order valence-corrected chi connectivity index (χ3v) is 8.27. The topological polar surface area (TPSA) is 0 Å². The van der Waals surface area contributed by atoms with E-state index in [-0.39, 0.29) is 58.9 Å². The fourth-order valence-electron chi connectivity index (χ4n) is 3.79. The Morgan fingerprint density at radius 2 is 1.13 bits per heavy atom. The fourth-order valence-corrected chi connectivity index (χ4v) is 7.02. The summed E-state index contributed by atoms with van der Waals surface area (Å²) in [7, 11) is -1.42. The standard InChI is InChI=1S/C25H23Si.3ClH.Ti/c1-20-17-25(19-22(20)18-21-11-5-2-6-12-21)26(23-13-7-3-8-14-23)24-15-9-4-10-16-24;;;;/h2-16,26H,17-18H2,1H3;3*1H;/q-1;;;;+4/p-3. The van der Waals surface area contributed by atoms with E-state index in [1.807, 2.05) is 0 Å². The van der Waals surface area contributed by atoms with Gasteiger partial charge in [0.05, 0.1) is 0 Å². The molecule has 0 nitrogen and oxygen atoms in total. The zero-order chi connectivity index (χ0) is 17.8. The van der Waals surface area contributed by atoms with Crippen molar-refractivity contribution in [3.05, 3.63) is 119 Å². The molecular weight excluding hydrogens is 483 g/mol. The van der Waals surface area contributed by atoms with Gasteiger partial charge in [-0.25, -0.2) is 11.1 Å². The zero-order valence-corrected chi connectivity index (χ0v) is 21.8. The molecule has 1 aliphatic rings. The molecule has 0 amide bonds. The molecule has 152 valence electrons. The molecule has 5 heteroatoms. The molecular formula is C25H23Cl3SiTi. The molecule has 0 N–H and O–H groups in total. The minimum Gasteiger partial charge on any atom is -1.00 e. The normalized spacial score (nSPS) is 12.1. The first-order chi connectivity index (χ1) is 12.8. The van der Waals surface area contributed by atoms with Crippen molar-refractivity contribution in [2.24, 2.45) is 0 Å². The van der Waals surface area contributed by atoms with E-state index < -0.39 is 8.80 Å². The third-order valence-electron chi connectivity index (χ3n) is 5.12. The van der Waals surface area contributed by atoms with Crippen LogP contribution in [0.4, 0.5) is 0 Å². The summed E-state index contributed by atoms with van der Waals surface area (Å²) in [6.45, 7) is 2.28. The van der Waals surface area contributed by atoms with E-state index in [2.05, 4.69) is 104 Å². The van der Waals surface area contributed by atoms with Gasteiger partial charge in [0, 0.05) is 0 Å². The molecule has 1 aliphatic carbocycles. The summed E-state index contributed by atoms with van der Waals surface area (Å²) in [5.74, 6) is 0. The molecule has 3 aromatic rings. The summed E-state index contributed by atoms with van der Waals surface area (Å²) < 4.78 is 0.